The van der Waals surface area contributed by atoms with Gasteiger partial charge in [-0.3, -0.25) is 9.78 Å². The molecule has 2 bridgehead atoms. The van der Waals surface area contributed by atoms with Crippen LogP contribution in [-0.2, 0) is 4.74 Å². The van der Waals surface area contributed by atoms with E-state index in [4.69, 9.17) is 4.74 Å². The van der Waals surface area contributed by atoms with Crippen molar-refractivity contribution in [3.63, 3.8) is 0 Å². The maximum Gasteiger partial charge on any atom is 0.251 e. The average Bonchev–Trinajstić information content (AvgIpc) is 3.18. The van der Waals surface area contributed by atoms with Crippen molar-refractivity contribution in [2.45, 2.75) is 50.8 Å². The second-order valence-corrected chi connectivity index (χ2v) is 8.88. The Kier molecular flexibility index (Phi) is 4.48. The van der Waals surface area contributed by atoms with Gasteiger partial charge in [-0.05, 0) is 61.6 Å². The maximum atomic E-state index is 12.5. The number of amides is 1. The van der Waals surface area contributed by atoms with E-state index in [-0.39, 0.29) is 18.1 Å². The van der Waals surface area contributed by atoms with Gasteiger partial charge in [-0.1, -0.05) is 6.07 Å². The van der Waals surface area contributed by atoms with E-state index in [2.05, 4.69) is 26.8 Å². The molecular weight excluding hydrogens is 402 g/mol. The third-order valence-corrected chi connectivity index (χ3v) is 6.37. The molecule has 3 aromatic rings. The normalized spacial score (nSPS) is 21.2. The fraction of sp³-hybridized carbons (Fsp3) is 0.320. The maximum absolute atomic E-state index is 12.5. The first-order valence-corrected chi connectivity index (χ1v) is 11.2. The molecule has 4 heterocycles. The minimum Gasteiger partial charge on any atom is -0.493 e. The number of nitrogens with zero attached hydrogens (tertiary/aromatic N) is 3. The molecule has 2 aliphatic heterocycles. The molecule has 3 aliphatic rings. The molecule has 162 valence electrons. The van der Waals surface area contributed by atoms with Gasteiger partial charge in [0.25, 0.3) is 5.91 Å². The second kappa shape index (κ2) is 7.51. The highest BCUT2D eigenvalue weighted by Crippen LogP contribution is 2.34. The predicted molar refractivity (Wildman–Crippen MR) is 122 cm³/mol. The molecule has 1 aliphatic carbocycles. The number of fused-ring (bicyclic) bond motifs is 2. The van der Waals surface area contributed by atoms with Crippen molar-refractivity contribution in [3.8, 4) is 16.8 Å². The zero-order valence-corrected chi connectivity index (χ0v) is 17.9. The molecule has 6 rings (SSSR count). The van der Waals surface area contributed by atoms with E-state index in [1.807, 2.05) is 54.5 Å². The van der Waals surface area contributed by atoms with Gasteiger partial charge < -0.3 is 15.4 Å². The molecule has 2 aromatic heterocycles. The third-order valence-electron chi connectivity index (χ3n) is 6.37. The Hall–Kier alpha value is -3.61. The van der Waals surface area contributed by atoms with Crippen LogP contribution in [0, 0.1) is 6.92 Å². The van der Waals surface area contributed by atoms with Gasteiger partial charge in [0.15, 0.2) is 0 Å². The van der Waals surface area contributed by atoms with E-state index in [1.165, 1.54) is 0 Å². The van der Waals surface area contributed by atoms with Crippen LogP contribution in [-0.4, -0.2) is 38.9 Å². The van der Waals surface area contributed by atoms with Crippen molar-refractivity contribution >= 4 is 11.6 Å². The minimum absolute atomic E-state index is 0.0105. The SMILES string of the molecule is Cc1ccc(C(=O)NC2CC2)cc1-c1cnn(-c2cncc(N[C@@H]3C=C4CC[C@@H]3O4)c2)c1. The van der Waals surface area contributed by atoms with Gasteiger partial charge in [0.05, 0.1) is 41.8 Å². The number of carbonyl (C=O) groups is 1. The zero-order valence-electron chi connectivity index (χ0n) is 17.9. The number of pyridine rings is 1. The number of aryl methyl sites for hydroxylation is 1. The summed E-state index contributed by atoms with van der Waals surface area (Å²) in [6, 6.07) is 8.40. The van der Waals surface area contributed by atoms with E-state index in [0.29, 0.717) is 11.6 Å². The summed E-state index contributed by atoms with van der Waals surface area (Å²) >= 11 is 0. The number of carbonyl (C=O) groups excluding carboxylic acids is 1. The van der Waals surface area contributed by atoms with Crippen LogP contribution in [0.3, 0.4) is 0 Å². The summed E-state index contributed by atoms with van der Waals surface area (Å²) in [7, 11) is 0. The molecule has 0 unspecified atom stereocenters. The van der Waals surface area contributed by atoms with Crippen molar-refractivity contribution in [3.05, 3.63) is 72.0 Å². The van der Waals surface area contributed by atoms with Crippen LogP contribution >= 0.6 is 0 Å². The van der Waals surface area contributed by atoms with Gasteiger partial charge in [0.1, 0.15) is 6.10 Å². The van der Waals surface area contributed by atoms with Crippen molar-refractivity contribution in [1.82, 2.24) is 20.1 Å². The fourth-order valence-electron chi connectivity index (χ4n) is 4.41. The molecule has 0 radical (unpaired) electrons. The van der Waals surface area contributed by atoms with Gasteiger partial charge in [-0.2, -0.15) is 5.10 Å². The van der Waals surface area contributed by atoms with Crippen LogP contribution in [0.1, 0.15) is 41.6 Å². The fourth-order valence-corrected chi connectivity index (χ4v) is 4.41. The highest BCUT2D eigenvalue weighted by atomic mass is 16.5. The van der Waals surface area contributed by atoms with Gasteiger partial charge in [-0.25, -0.2) is 4.68 Å². The van der Waals surface area contributed by atoms with E-state index in [9.17, 15) is 4.79 Å². The molecule has 1 saturated heterocycles. The Morgan fingerprint density at radius 3 is 2.84 bits per heavy atom. The highest BCUT2D eigenvalue weighted by Gasteiger charge is 2.34. The quantitative estimate of drug-likeness (QED) is 0.622. The predicted octanol–water partition coefficient (Wildman–Crippen LogP) is 3.99. The van der Waals surface area contributed by atoms with Crippen LogP contribution in [0.15, 0.2) is 60.9 Å². The van der Waals surface area contributed by atoms with Crippen molar-refractivity contribution in [1.29, 1.82) is 0 Å². The lowest BCUT2D eigenvalue weighted by molar-refractivity contribution is 0.0951. The molecule has 2 atom stereocenters. The molecule has 0 spiro atoms. The van der Waals surface area contributed by atoms with Crippen molar-refractivity contribution < 1.29 is 9.53 Å². The summed E-state index contributed by atoms with van der Waals surface area (Å²) in [5, 5.41) is 11.1. The number of rotatable bonds is 6. The van der Waals surface area contributed by atoms with Crippen LogP contribution in [0.2, 0.25) is 0 Å². The molecule has 2 N–H and O–H groups in total. The summed E-state index contributed by atoms with van der Waals surface area (Å²) < 4.78 is 7.64. The van der Waals surface area contributed by atoms with Crippen molar-refractivity contribution in [2.24, 2.45) is 0 Å². The number of nitrogens with one attached hydrogen (secondary N) is 2. The Morgan fingerprint density at radius 1 is 1.16 bits per heavy atom. The number of hydrogen-bond donors (Lipinski definition) is 2. The Morgan fingerprint density at radius 2 is 2.06 bits per heavy atom. The standard InChI is InChI=1S/C25H25N5O2/c1-15-2-3-16(25(31)29-18-4-5-18)8-22(15)17-11-27-30(14-17)20-9-19(12-26-13-20)28-23-10-21-6-7-24(23)32-21/h2-3,8-14,18,23-24,28H,4-7H2,1H3,(H,29,31)/t23-,24+/m1/s1. The molecule has 1 saturated carbocycles. The van der Waals surface area contributed by atoms with Gasteiger partial charge in [0, 0.05) is 29.8 Å². The third kappa shape index (κ3) is 3.64. The average molecular weight is 428 g/mol. The van der Waals surface area contributed by atoms with Crippen LogP contribution in [0.5, 0.6) is 0 Å². The first-order chi connectivity index (χ1) is 15.6. The number of allylic oxidation sites excluding steroid dienone is 1. The molecule has 7 heteroatoms. The van der Waals surface area contributed by atoms with Gasteiger partial charge in [0.2, 0.25) is 0 Å². The minimum atomic E-state index is -0.0105. The second-order valence-electron chi connectivity index (χ2n) is 8.88. The van der Waals surface area contributed by atoms with Crippen LogP contribution in [0.4, 0.5) is 5.69 Å². The van der Waals surface area contributed by atoms with Crippen LogP contribution in [0.25, 0.3) is 16.8 Å². The topological polar surface area (TPSA) is 81.1 Å². The number of benzene rings is 1. The zero-order chi connectivity index (χ0) is 21.7. The Bertz CT molecular complexity index is 1230. The molecule has 1 amide bonds. The Balaban J connectivity index is 1.24. The smallest absolute Gasteiger partial charge is 0.251 e. The molecule has 32 heavy (non-hydrogen) atoms. The van der Waals surface area contributed by atoms with E-state index in [1.54, 1.807) is 6.20 Å². The highest BCUT2D eigenvalue weighted by molar-refractivity contribution is 5.96. The Labute approximate surface area is 186 Å². The molecule has 7 nitrogen and oxygen atoms in total. The summed E-state index contributed by atoms with van der Waals surface area (Å²) in [4.78, 5) is 16.9. The number of anilines is 1. The van der Waals surface area contributed by atoms with Gasteiger partial charge >= 0.3 is 0 Å². The van der Waals surface area contributed by atoms with E-state index < -0.39 is 0 Å². The van der Waals surface area contributed by atoms with Crippen molar-refractivity contribution in [2.75, 3.05) is 5.32 Å². The van der Waals surface area contributed by atoms with Crippen LogP contribution < -0.4 is 10.6 Å². The summed E-state index contributed by atoms with van der Waals surface area (Å²) in [5.74, 6) is 1.08. The first-order valence-electron chi connectivity index (χ1n) is 11.2. The lowest BCUT2D eigenvalue weighted by atomic mass is 10.0. The number of aromatic nitrogens is 3. The summed E-state index contributed by atoms with van der Waals surface area (Å²) in [5.41, 5.74) is 5.57. The van der Waals surface area contributed by atoms with E-state index >= 15 is 0 Å². The molecule has 1 aromatic carbocycles. The lowest BCUT2D eigenvalue weighted by Crippen LogP contribution is -2.28. The summed E-state index contributed by atoms with van der Waals surface area (Å²) in [6.45, 7) is 2.05. The molecular formula is C25H25N5O2. The number of ether oxygens (including phenoxy) is 1. The number of hydrogen-bond acceptors (Lipinski definition) is 5. The first kappa shape index (κ1) is 19.1. The largest absolute Gasteiger partial charge is 0.493 e. The molecule has 2 fully saturated rings. The van der Waals surface area contributed by atoms with Gasteiger partial charge in [-0.15, -0.1) is 0 Å². The summed E-state index contributed by atoms with van der Waals surface area (Å²) in [6.07, 6.45) is 14.1. The monoisotopic (exact) mass is 427 g/mol. The van der Waals surface area contributed by atoms with E-state index in [0.717, 1.165) is 59.5 Å². The lowest BCUT2D eigenvalue weighted by Gasteiger charge is -2.18.